The van der Waals surface area contributed by atoms with E-state index in [4.69, 9.17) is 4.74 Å². The first kappa shape index (κ1) is 29.9. The Hall–Kier alpha value is -4.03. The number of nitrogens with one attached hydrogen (secondary N) is 1. The van der Waals surface area contributed by atoms with E-state index in [1.807, 2.05) is 18.9 Å². The number of fused-ring (bicyclic) bond motifs is 1. The van der Waals surface area contributed by atoms with Crippen molar-refractivity contribution < 1.29 is 32.6 Å². The van der Waals surface area contributed by atoms with Gasteiger partial charge in [0.2, 0.25) is 0 Å². The number of carbonyl (C=O) groups excluding carboxylic acids is 2. The van der Waals surface area contributed by atoms with Crippen LogP contribution in [0.4, 0.5) is 18.9 Å². The number of rotatable bonds is 8. The van der Waals surface area contributed by atoms with Crippen LogP contribution in [-0.4, -0.2) is 75.6 Å². The van der Waals surface area contributed by atoms with Crippen molar-refractivity contribution in [3.05, 3.63) is 83.4 Å². The summed E-state index contributed by atoms with van der Waals surface area (Å²) in [6, 6.07) is 9.38. The Bertz CT molecular complexity index is 1350. The molecule has 0 unspecified atom stereocenters. The number of hydrogen-bond acceptors (Lipinski definition) is 7. The molecule has 2 amide bonds. The smallest absolute Gasteiger partial charge is 0.416 e. The van der Waals surface area contributed by atoms with Crippen molar-refractivity contribution in [2.75, 3.05) is 32.1 Å². The van der Waals surface area contributed by atoms with E-state index in [1.165, 1.54) is 30.7 Å². The van der Waals surface area contributed by atoms with Crippen molar-refractivity contribution in [1.29, 1.82) is 0 Å². The van der Waals surface area contributed by atoms with Crippen LogP contribution in [0.3, 0.4) is 0 Å². The maximum atomic E-state index is 13.6. The highest BCUT2D eigenvalue weighted by Gasteiger charge is 2.35. The van der Waals surface area contributed by atoms with Crippen molar-refractivity contribution >= 4 is 17.5 Å². The van der Waals surface area contributed by atoms with Crippen LogP contribution >= 0.6 is 0 Å². The molecule has 3 aromatic rings. The van der Waals surface area contributed by atoms with Crippen molar-refractivity contribution in [3.63, 3.8) is 0 Å². The van der Waals surface area contributed by atoms with Gasteiger partial charge >= 0.3 is 6.18 Å². The average Bonchev–Trinajstić information content (AvgIpc) is 2.95. The molecule has 218 valence electrons. The average molecular weight is 572 g/mol. The molecular weight excluding hydrogens is 539 g/mol. The summed E-state index contributed by atoms with van der Waals surface area (Å²) in [5.41, 5.74) is 0.564. The Morgan fingerprint density at radius 1 is 1.22 bits per heavy atom. The molecule has 0 radical (unpaired) electrons. The van der Waals surface area contributed by atoms with E-state index in [-0.39, 0.29) is 41.1 Å². The van der Waals surface area contributed by atoms with Gasteiger partial charge in [-0.05, 0) is 43.8 Å². The fraction of sp³-hybridized carbons (Fsp3) is 0.379. The number of aromatic nitrogens is 2. The first-order chi connectivity index (χ1) is 19.5. The molecule has 2 heterocycles. The third-order valence-corrected chi connectivity index (χ3v) is 6.96. The van der Waals surface area contributed by atoms with Crippen LogP contribution in [0.15, 0.2) is 61.1 Å². The van der Waals surface area contributed by atoms with Gasteiger partial charge in [0.1, 0.15) is 11.8 Å². The van der Waals surface area contributed by atoms with E-state index < -0.39 is 29.8 Å². The van der Waals surface area contributed by atoms with Crippen LogP contribution < -0.4 is 10.1 Å². The molecule has 9 nitrogen and oxygen atoms in total. The summed E-state index contributed by atoms with van der Waals surface area (Å²) in [5, 5.41) is 12.6. The normalized spacial score (nSPS) is 18.2. The number of para-hydroxylation sites is 1. The Morgan fingerprint density at radius 2 is 1.95 bits per heavy atom. The molecule has 3 atom stereocenters. The number of nitrogens with zero attached hydrogens (tertiary/aromatic N) is 4. The molecule has 0 spiro atoms. The lowest BCUT2D eigenvalue weighted by Crippen LogP contribution is -2.49. The quantitative estimate of drug-likeness (QED) is 0.419. The maximum absolute atomic E-state index is 13.6. The van der Waals surface area contributed by atoms with Gasteiger partial charge in [-0.15, -0.1) is 0 Å². The molecule has 1 aromatic heterocycles. The molecule has 0 bridgehead atoms. The highest BCUT2D eigenvalue weighted by atomic mass is 19.4. The molecule has 4 rings (SSSR count). The molecular formula is C29H32F3N5O4. The minimum absolute atomic E-state index is 0.0824. The number of halogens is 3. The van der Waals surface area contributed by atoms with E-state index in [0.717, 1.165) is 12.1 Å². The lowest BCUT2D eigenvalue weighted by atomic mass is 9.98. The molecule has 2 aromatic carbocycles. The summed E-state index contributed by atoms with van der Waals surface area (Å²) in [6.45, 7) is 4.46. The highest BCUT2D eigenvalue weighted by molar-refractivity contribution is 6.06. The van der Waals surface area contributed by atoms with Gasteiger partial charge in [-0.3, -0.25) is 19.5 Å². The van der Waals surface area contributed by atoms with E-state index in [9.17, 15) is 27.9 Å². The van der Waals surface area contributed by atoms with E-state index in [2.05, 4.69) is 15.3 Å². The molecule has 0 saturated carbocycles. The van der Waals surface area contributed by atoms with Crippen LogP contribution in [0.1, 0.15) is 45.8 Å². The number of benzene rings is 2. The summed E-state index contributed by atoms with van der Waals surface area (Å²) >= 11 is 0. The lowest BCUT2D eigenvalue weighted by molar-refractivity contribution is -0.137. The minimum atomic E-state index is -4.41. The Labute approximate surface area is 236 Å². The predicted molar refractivity (Wildman–Crippen MR) is 145 cm³/mol. The summed E-state index contributed by atoms with van der Waals surface area (Å²) in [4.78, 5) is 38.0. The molecule has 0 aliphatic carbocycles. The van der Waals surface area contributed by atoms with E-state index >= 15 is 0 Å². The number of likely N-dealkylation sites (N-methyl/N-ethyl adjacent to an activating group) is 1. The maximum Gasteiger partial charge on any atom is 0.416 e. The second kappa shape index (κ2) is 12.6. The molecule has 1 aliphatic heterocycles. The fourth-order valence-corrected chi connectivity index (χ4v) is 4.64. The number of alkyl halides is 3. The van der Waals surface area contributed by atoms with Crippen LogP contribution in [0.25, 0.3) is 0 Å². The summed E-state index contributed by atoms with van der Waals surface area (Å²) in [7, 11) is 1.83. The van der Waals surface area contributed by atoms with Gasteiger partial charge < -0.3 is 20.1 Å². The molecule has 1 aliphatic rings. The van der Waals surface area contributed by atoms with E-state index in [1.54, 1.807) is 30.0 Å². The van der Waals surface area contributed by atoms with Gasteiger partial charge in [-0.1, -0.05) is 25.1 Å². The first-order valence-corrected chi connectivity index (χ1v) is 13.1. The highest BCUT2D eigenvalue weighted by Crippen LogP contribution is 2.35. The van der Waals surface area contributed by atoms with E-state index in [0.29, 0.717) is 25.2 Å². The predicted octanol–water partition coefficient (Wildman–Crippen LogP) is 4.10. The van der Waals surface area contributed by atoms with Crippen molar-refractivity contribution in [3.8, 4) is 5.75 Å². The third kappa shape index (κ3) is 7.19. The Balaban J connectivity index is 1.63. The number of anilines is 1. The zero-order valence-corrected chi connectivity index (χ0v) is 22.9. The third-order valence-electron chi connectivity index (χ3n) is 6.96. The SMILES string of the molecule is C[C@H](CO)N1C[C@H](C)[C@H](CN(C)Cc2ccc(C(F)(F)F)cc2)Oc2c(NC(=O)c3cnccn3)cccc2C1=O. The largest absolute Gasteiger partial charge is 0.486 e. The van der Waals surface area contributed by atoms with Gasteiger partial charge in [0.05, 0.1) is 35.7 Å². The number of ether oxygens (including phenoxy) is 1. The lowest BCUT2D eigenvalue weighted by Gasteiger charge is -2.38. The Kier molecular flexibility index (Phi) is 9.24. The van der Waals surface area contributed by atoms with Gasteiger partial charge in [-0.2, -0.15) is 13.2 Å². The zero-order valence-electron chi connectivity index (χ0n) is 22.9. The summed E-state index contributed by atoms with van der Waals surface area (Å²) < 4.78 is 45.4. The van der Waals surface area contributed by atoms with Gasteiger partial charge in [-0.25, -0.2) is 4.98 Å². The molecule has 12 heteroatoms. The van der Waals surface area contributed by atoms with Crippen LogP contribution in [0, 0.1) is 5.92 Å². The van der Waals surface area contributed by atoms with Crippen molar-refractivity contribution in [1.82, 2.24) is 19.8 Å². The standard InChI is InChI=1S/C29H32F3N5O4/c1-18-14-37(19(2)17-38)28(40)22-5-4-6-23(35-27(39)24-13-33-11-12-34-24)26(22)41-25(18)16-36(3)15-20-7-9-21(10-8-20)29(30,31)32/h4-13,18-19,25,38H,14-17H2,1-3H3,(H,35,39)/t18-,19+,25-/m0/s1. The zero-order chi connectivity index (χ0) is 29.7. The first-order valence-electron chi connectivity index (χ1n) is 13.1. The summed E-state index contributed by atoms with van der Waals surface area (Å²) in [6.07, 6.45) is -0.734. The molecule has 0 fully saturated rings. The number of hydrogen-bond donors (Lipinski definition) is 2. The number of carbonyl (C=O) groups is 2. The monoisotopic (exact) mass is 571 g/mol. The number of amides is 2. The summed E-state index contributed by atoms with van der Waals surface area (Å²) in [5.74, 6) is -0.904. The van der Waals surface area contributed by atoms with Crippen LogP contribution in [-0.2, 0) is 12.7 Å². The molecule has 2 N–H and O–H groups in total. The fourth-order valence-electron chi connectivity index (χ4n) is 4.64. The minimum Gasteiger partial charge on any atom is -0.486 e. The van der Waals surface area contributed by atoms with Crippen molar-refractivity contribution in [2.45, 2.75) is 38.7 Å². The van der Waals surface area contributed by atoms with Gasteiger partial charge in [0.15, 0.2) is 5.75 Å². The van der Waals surface area contributed by atoms with Gasteiger partial charge in [0, 0.05) is 37.9 Å². The van der Waals surface area contributed by atoms with Crippen LogP contribution in [0.2, 0.25) is 0 Å². The molecule has 0 saturated heterocycles. The van der Waals surface area contributed by atoms with Gasteiger partial charge in [0.25, 0.3) is 11.8 Å². The number of aliphatic hydroxyl groups is 1. The second-order valence-corrected chi connectivity index (χ2v) is 10.2. The van der Waals surface area contributed by atoms with Crippen LogP contribution in [0.5, 0.6) is 5.75 Å². The Morgan fingerprint density at radius 3 is 2.59 bits per heavy atom. The second-order valence-electron chi connectivity index (χ2n) is 10.2. The number of aliphatic hydroxyl groups excluding tert-OH is 1. The van der Waals surface area contributed by atoms with Crippen molar-refractivity contribution in [2.24, 2.45) is 5.92 Å². The molecule has 41 heavy (non-hydrogen) atoms. The topological polar surface area (TPSA) is 108 Å².